The first-order valence-electron chi connectivity index (χ1n) is 7.96. The fraction of sp³-hybridized carbons (Fsp3) is 0.222. The monoisotopic (exact) mass is 338 g/mol. The highest BCUT2D eigenvalue weighted by Crippen LogP contribution is 2.33. The van der Waals surface area contributed by atoms with Crippen molar-refractivity contribution in [2.75, 3.05) is 6.54 Å². The molecule has 1 aliphatic heterocycles. The van der Waals surface area contributed by atoms with Crippen LogP contribution in [-0.2, 0) is 0 Å². The molecule has 0 bridgehead atoms. The summed E-state index contributed by atoms with van der Waals surface area (Å²) < 4.78 is 13.5. The van der Waals surface area contributed by atoms with E-state index in [0.717, 1.165) is 0 Å². The van der Waals surface area contributed by atoms with E-state index in [0.29, 0.717) is 23.0 Å². The van der Waals surface area contributed by atoms with E-state index in [-0.39, 0.29) is 18.2 Å². The predicted molar refractivity (Wildman–Crippen MR) is 88.1 cm³/mol. The maximum atomic E-state index is 13.5. The lowest BCUT2D eigenvalue weighted by Gasteiger charge is -2.23. The minimum absolute atomic E-state index is 0.0331. The van der Waals surface area contributed by atoms with Crippen LogP contribution in [0.25, 0.3) is 11.0 Å². The van der Waals surface area contributed by atoms with Crippen LogP contribution in [0.1, 0.15) is 28.6 Å². The standard InChI is InChI=1S/C18H15FN4O2/c19-12-5-3-4-11(8-12)16-9-13(24)10-23(16)18(25)17-20-14-6-1-2-7-15(14)21-22-17/h1-8,13,16,24H,9-10H2/t13-,16+/m0/s1. The second-order valence-corrected chi connectivity index (χ2v) is 6.04. The minimum Gasteiger partial charge on any atom is -0.391 e. The number of β-amino-alcohol motifs (C(OH)–C–C–N with tert-alkyl or cyclic N) is 1. The van der Waals surface area contributed by atoms with Crippen LogP contribution in [0.15, 0.2) is 48.5 Å². The van der Waals surface area contributed by atoms with Gasteiger partial charge in [0.2, 0.25) is 5.82 Å². The Morgan fingerprint density at radius 3 is 2.72 bits per heavy atom. The predicted octanol–water partition coefficient (Wildman–Crippen LogP) is 2.11. The Labute approximate surface area is 142 Å². The van der Waals surface area contributed by atoms with E-state index in [9.17, 15) is 14.3 Å². The van der Waals surface area contributed by atoms with E-state index in [1.807, 2.05) is 6.07 Å². The second kappa shape index (κ2) is 6.18. The molecule has 2 heterocycles. The Morgan fingerprint density at radius 1 is 1.12 bits per heavy atom. The second-order valence-electron chi connectivity index (χ2n) is 6.04. The first-order valence-corrected chi connectivity index (χ1v) is 7.96. The van der Waals surface area contributed by atoms with Crippen LogP contribution in [0.2, 0.25) is 0 Å². The van der Waals surface area contributed by atoms with E-state index in [1.165, 1.54) is 17.0 Å². The molecule has 1 aromatic heterocycles. The molecular weight excluding hydrogens is 323 g/mol. The van der Waals surface area contributed by atoms with Crippen molar-refractivity contribution in [2.45, 2.75) is 18.6 Å². The van der Waals surface area contributed by atoms with Gasteiger partial charge in [0.15, 0.2) is 0 Å². The number of likely N-dealkylation sites (tertiary alicyclic amines) is 1. The lowest BCUT2D eigenvalue weighted by molar-refractivity contribution is 0.0702. The molecule has 2 atom stereocenters. The van der Waals surface area contributed by atoms with Crippen molar-refractivity contribution < 1.29 is 14.3 Å². The number of aliphatic hydroxyl groups excluding tert-OH is 1. The van der Waals surface area contributed by atoms with Crippen LogP contribution in [0.4, 0.5) is 4.39 Å². The third kappa shape index (κ3) is 2.94. The van der Waals surface area contributed by atoms with Gasteiger partial charge in [-0.25, -0.2) is 9.37 Å². The highest BCUT2D eigenvalue weighted by molar-refractivity contribution is 5.92. The van der Waals surface area contributed by atoms with Gasteiger partial charge in [-0.05, 0) is 36.2 Å². The van der Waals surface area contributed by atoms with E-state index < -0.39 is 18.1 Å². The molecule has 0 unspecified atom stereocenters. The van der Waals surface area contributed by atoms with Gasteiger partial charge in [0.05, 0.1) is 17.7 Å². The number of aromatic nitrogens is 3. The SMILES string of the molecule is O=C(c1nnc2ccccc2n1)N1C[C@@H](O)C[C@@H]1c1cccc(F)c1. The topological polar surface area (TPSA) is 79.2 Å². The zero-order chi connectivity index (χ0) is 17.4. The molecular formula is C18H15FN4O2. The molecule has 1 saturated heterocycles. The summed E-state index contributed by atoms with van der Waals surface area (Å²) in [5, 5.41) is 18.0. The van der Waals surface area contributed by atoms with Gasteiger partial charge in [0.1, 0.15) is 11.3 Å². The van der Waals surface area contributed by atoms with E-state index in [4.69, 9.17) is 0 Å². The van der Waals surface area contributed by atoms with Gasteiger partial charge in [0, 0.05) is 6.54 Å². The molecule has 25 heavy (non-hydrogen) atoms. The summed E-state index contributed by atoms with van der Waals surface area (Å²) in [5.41, 5.74) is 1.81. The molecule has 6 nitrogen and oxygen atoms in total. The molecule has 3 aromatic rings. The zero-order valence-electron chi connectivity index (χ0n) is 13.2. The van der Waals surface area contributed by atoms with Crippen LogP contribution in [0, 0.1) is 5.82 Å². The molecule has 126 valence electrons. The molecule has 0 radical (unpaired) electrons. The number of benzene rings is 2. The Morgan fingerprint density at radius 2 is 1.92 bits per heavy atom. The third-order valence-corrected chi connectivity index (χ3v) is 4.33. The van der Waals surface area contributed by atoms with Gasteiger partial charge in [-0.2, -0.15) is 0 Å². The number of aliphatic hydroxyl groups is 1. The van der Waals surface area contributed by atoms with Gasteiger partial charge in [-0.1, -0.05) is 24.3 Å². The number of rotatable bonds is 2. The average molecular weight is 338 g/mol. The van der Waals surface area contributed by atoms with E-state index >= 15 is 0 Å². The van der Waals surface area contributed by atoms with Crippen molar-refractivity contribution in [3.8, 4) is 0 Å². The van der Waals surface area contributed by atoms with Gasteiger partial charge in [0.25, 0.3) is 5.91 Å². The molecule has 0 saturated carbocycles. The lowest BCUT2D eigenvalue weighted by Crippen LogP contribution is -2.33. The quantitative estimate of drug-likeness (QED) is 0.774. The number of nitrogens with zero attached hydrogens (tertiary/aromatic N) is 4. The van der Waals surface area contributed by atoms with E-state index in [2.05, 4.69) is 15.2 Å². The van der Waals surface area contributed by atoms with Crippen LogP contribution < -0.4 is 0 Å². The Hall–Kier alpha value is -2.93. The van der Waals surface area contributed by atoms with Crippen molar-refractivity contribution in [1.82, 2.24) is 20.1 Å². The maximum absolute atomic E-state index is 13.5. The molecule has 0 spiro atoms. The summed E-state index contributed by atoms with van der Waals surface area (Å²) in [6.45, 7) is 0.149. The fourth-order valence-corrected chi connectivity index (χ4v) is 3.17. The largest absolute Gasteiger partial charge is 0.391 e. The van der Waals surface area contributed by atoms with Crippen molar-refractivity contribution in [3.05, 3.63) is 65.7 Å². The summed E-state index contributed by atoms with van der Waals surface area (Å²) in [6.07, 6.45) is -0.332. The van der Waals surface area contributed by atoms with E-state index in [1.54, 1.807) is 30.3 Å². The first-order chi connectivity index (χ1) is 12.1. The smallest absolute Gasteiger partial charge is 0.294 e. The Balaban J connectivity index is 1.69. The highest BCUT2D eigenvalue weighted by atomic mass is 19.1. The number of hydrogen-bond acceptors (Lipinski definition) is 5. The van der Waals surface area contributed by atoms with Gasteiger partial charge < -0.3 is 10.0 Å². The fourth-order valence-electron chi connectivity index (χ4n) is 3.17. The third-order valence-electron chi connectivity index (χ3n) is 4.33. The number of amides is 1. The molecule has 1 N–H and O–H groups in total. The Kier molecular flexibility index (Phi) is 3.85. The van der Waals surface area contributed by atoms with Crippen molar-refractivity contribution in [1.29, 1.82) is 0 Å². The summed E-state index contributed by atoms with van der Waals surface area (Å²) in [4.78, 5) is 18.6. The number of para-hydroxylation sites is 1. The number of hydrogen-bond donors (Lipinski definition) is 1. The van der Waals surface area contributed by atoms with Crippen LogP contribution in [0.3, 0.4) is 0 Å². The minimum atomic E-state index is -0.675. The number of halogens is 1. The number of carbonyl (C=O) groups is 1. The normalized spacial score (nSPS) is 20.2. The van der Waals surface area contributed by atoms with Crippen LogP contribution in [0.5, 0.6) is 0 Å². The molecule has 1 fully saturated rings. The zero-order valence-corrected chi connectivity index (χ0v) is 13.2. The molecule has 0 aliphatic carbocycles. The van der Waals surface area contributed by atoms with Gasteiger partial charge in [-0.15, -0.1) is 10.2 Å². The number of fused-ring (bicyclic) bond motifs is 1. The summed E-state index contributed by atoms with van der Waals surface area (Å²) in [6, 6.07) is 12.8. The van der Waals surface area contributed by atoms with Crippen molar-refractivity contribution in [2.24, 2.45) is 0 Å². The van der Waals surface area contributed by atoms with Crippen molar-refractivity contribution >= 4 is 16.9 Å². The highest BCUT2D eigenvalue weighted by Gasteiger charge is 2.37. The summed E-state index contributed by atoms with van der Waals surface area (Å²) in [7, 11) is 0. The molecule has 7 heteroatoms. The molecule has 1 aliphatic rings. The molecule has 4 rings (SSSR count). The summed E-state index contributed by atoms with van der Waals surface area (Å²) >= 11 is 0. The lowest BCUT2D eigenvalue weighted by atomic mass is 10.0. The number of carbonyl (C=O) groups excluding carboxylic acids is 1. The first kappa shape index (κ1) is 15.6. The van der Waals surface area contributed by atoms with Gasteiger partial charge in [-0.3, -0.25) is 4.79 Å². The van der Waals surface area contributed by atoms with Crippen LogP contribution >= 0.6 is 0 Å². The Bertz CT molecular complexity index is 949. The maximum Gasteiger partial charge on any atom is 0.294 e. The molecule has 2 aromatic carbocycles. The van der Waals surface area contributed by atoms with Crippen molar-refractivity contribution in [3.63, 3.8) is 0 Å². The molecule has 1 amide bonds. The van der Waals surface area contributed by atoms with Crippen LogP contribution in [-0.4, -0.2) is 43.7 Å². The van der Waals surface area contributed by atoms with Gasteiger partial charge >= 0.3 is 0 Å². The average Bonchev–Trinajstić information content (AvgIpc) is 3.02. The summed E-state index contributed by atoms with van der Waals surface area (Å²) in [5.74, 6) is -0.840.